The monoisotopic (exact) mass is 276 g/mol. The maximum atomic E-state index is 12.3. The molecule has 0 spiro atoms. The van der Waals surface area contributed by atoms with Gasteiger partial charge in [0, 0.05) is 5.92 Å². The van der Waals surface area contributed by atoms with E-state index in [-0.39, 0.29) is 22.7 Å². The third kappa shape index (κ3) is 2.11. The number of hydrogen-bond acceptors (Lipinski definition) is 2. The average Bonchev–Trinajstić information content (AvgIpc) is 2.72. The minimum atomic E-state index is -0.0400. The van der Waals surface area contributed by atoms with Gasteiger partial charge in [-0.05, 0) is 29.0 Å². The first-order chi connectivity index (χ1) is 8.71. The quantitative estimate of drug-likeness (QED) is 0.892. The van der Waals surface area contributed by atoms with Gasteiger partial charge in [-0.1, -0.05) is 39.3 Å². The summed E-state index contributed by atoms with van der Waals surface area (Å²) in [5, 5.41) is 12.2. The van der Waals surface area contributed by atoms with Crippen molar-refractivity contribution in [3.63, 3.8) is 0 Å². The van der Waals surface area contributed by atoms with Crippen LogP contribution in [-0.2, 0) is 4.79 Å². The number of halogens is 1. The third-order valence-electron chi connectivity index (χ3n) is 4.64. The van der Waals surface area contributed by atoms with Gasteiger partial charge in [0.2, 0.25) is 5.91 Å². The lowest BCUT2D eigenvalue weighted by atomic mass is 10.0. The fourth-order valence-corrected chi connectivity index (χ4v) is 2.91. The lowest BCUT2D eigenvalue weighted by Gasteiger charge is -2.08. The smallest absolute Gasteiger partial charge is 0.228 e. The van der Waals surface area contributed by atoms with Crippen LogP contribution in [0.15, 0.2) is 18.2 Å². The molecule has 0 saturated heterocycles. The number of nitrogens with one attached hydrogen (secondary N) is 1. The van der Waals surface area contributed by atoms with Crippen LogP contribution in [0.3, 0.4) is 0 Å². The molecule has 0 aromatic heterocycles. The number of amides is 1. The summed E-state index contributed by atoms with van der Waals surface area (Å²) in [7, 11) is 0. The Hall–Kier alpha value is -1.53. The normalized spacial score (nSPS) is 19.6. The number of carbonyl (C=O) groups is 1. The summed E-state index contributed by atoms with van der Waals surface area (Å²) in [5.74, 6) is -0.0752. The number of hydrogen-bond donors (Lipinski definition) is 1. The van der Waals surface area contributed by atoms with Gasteiger partial charge < -0.3 is 5.32 Å². The molecule has 0 bridgehead atoms. The van der Waals surface area contributed by atoms with Crippen LogP contribution in [0.2, 0.25) is 5.02 Å². The van der Waals surface area contributed by atoms with E-state index < -0.39 is 0 Å². The Morgan fingerprint density at radius 2 is 1.89 bits per heavy atom. The lowest BCUT2D eigenvalue weighted by molar-refractivity contribution is -0.118. The van der Waals surface area contributed by atoms with Crippen LogP contribution in [-0.4, -0.2) is 5.91 Å². The minimum Gasteiger partial charge on any atom is -0.324 e. The molecule has 0 atom stereocenters. The second-order valence-corrected chi connectivity index (χ2v) is 6.58. The van der Waals surface area contributed by atoms with Gasteiger partial charge in [-0.25, -0.2) is 0 Å². The van der Waals surface area contributed by atoms with Crippen molar-refractivity contribution >= 4 is 23.2 Å². The predicted molar refractivity (Wildman–Crippen MR) is 75.8 cm³/mol. The van der Waals surface area contributed by atoms with E-state index in [4.69, 9.17) is 16.9 Å². The Morgan fingerprint density at radius 1 is 1.32 bits per heavy atom. The van der Waals surface area contributed by atoms with Crippen LogP contribution >= 0.6 is 11.6 Å². The van der Waals surface area contributed by atoms with E-state index in [0.29, 0.717) is 16.3 Å². The first-order valence-electron chi connectivity index (χ1n) is 6.22. The molecule has 100 valence electrons. The first kappa shape index (κ1) is 13.9. The van der Waals surface area contributed by atoms with Crippen molar-refractivity contribution in [2.24, 2.45) is 16.7 Å². The van der Waals surface area contributed by atoms with Crippen LogP contribution in [0, 0.1) is 28.1 Å². The Morgan fingerprint density at radius 3 is 2.37 bits per heavy atom. The molecule has 4 heteroatoms. The maximum Gasteiger partial charge on any atom is 0.228 e. The number of nitriles is 1. The van der Waals surface area contributed by atoms with Gasteiger partial charge in [-0.15, -0.1) is 0 Å². The van der Waals surface area contributed by atoms with Gasteiger partial charge in [0.05, 0.1) is 22.3 Å². The summed E-state index contributed by atoms with van der Waals surface area (Å²) in [6, 6.07) is 6.89. The van der Waals surface area contributed by atoms with Crippen molar-refractivity contribution < 1.29 is 4.79 Å². The fourth-order valence-electron chi connectivity index (χ4n) is 2.75. The van der Waals surface area contributed by atoms with Gasteiger partial charge in [0.15, 0.2) is 0 Å². The van der Waals surface area contributed by atoms with E-state index in [1.54, 1.807) is 18.2 Å². The number of carbonyl (C=O) groups excluding carboxylic acids is 1. The molecular weight excluding hydrogens is 260 g/mol. The Labute approximate surface area is 118 Å². The number of rotatable bonds is 2. The number of anilines is 1. The van der Waals surface area contributed by atoms with Crippen molar-refractivity contribution in [3.8, 4) is 6.07 Å². The topological polar surface area (TPSA) is 52.9 Å². The zero-order valence-electron chi connectivity index (χ0n) is 11.5. The van der Waals surface area contributed by atoms with E-state index in [1.807, 2.05) is 6.07 Å². The van der Waals surface area contributed by atoms with Crippen molar-refractivity contribution in [1.29, 1.82) is 5.26 Å². The summed E-state index contributed by atoms with van der Waals surface area (Å²) < 4.78 is 0. The second-order valence-electron chi connectivity index (χ2n) is 6.17. The van der Waals surface area contributed by atoms with E-state index in [2.05, 4.69) is 33.0 Å². The lowest BCUT2D eigenvalue weighted by Crippen LogP contribution is -2.18. The van der Waals surface area contributed by atoms with E-state index in [9.17, 15) is 4.79 Å². The molecular formula is C15H17ClN2O. The largest absolute Gasteiger partial charge is 0.324 e. The summed E-state index contributed by atoms with van der Waals surface area (Å²) in [6.45, 7) is 8.35. The van der Waals surface area contributed by atoms with Crippen LogP contribution in [0.1, 0.15) is 33.3 Å². The van der Waals surface area contributed by atoms with Crippen molar-refractivity contribution in [2.75, 3.05) is 5.32 Å². The Bertz CT molecular complexity index is 570. The molecule has 1 fully saturated rings. The average molecular weight is 277 g/mol. The molecule has 1 N–H and O–H groups in total. The molecule has 1 saturated carbocycles. The van der Waals surface area contributed by atoms with Gasteiger partial charge in [0.1, 0.15) is 0 Å². The summed E-state index contributed by atoms with van der Waals surface area (Å²) in [5.41, 5.74) is 0.950. The highest BCUT2D eigenvalue weighted by Crippen LogP contribution is 2.68. The molecule has 1 aliphatic rings. The summed E-state index contributed by atoms with van der Waals surface area (Å²) >= 11 is 6.04. The second kappa shape index (κ2) is 4.25. The van der Waals surface area contributed by atoms with Crippen molar-refractivity contribution in [1.82, 2.24) is 0 Å². The third-order valence-corrected chi connectivity index (χ3v) is 4.97. The highest BCUT2D eigenvalue weighted by atomic mass is 35.5. The van der Waals surface area contributed by atoms with Crippen molar-refractivity contribution in [2.45, 2.75) is 27.7 Å². The molecule has 0 unspecified atom stereocenters. The van der Waals surface area contributed by atoms with Crippen LogP contribution in [0.5, 0.6) is 0 Å². The summed E-state index contributed by atoms with van der Waals surface area (Å²) in [4.78, 5) is 12.3. The van der Waals surface area contributed by atoms with Crippen LogP contribution < -0.4 is 5.32 Å². The number of benzene rings is 1. The van der Waals surface area contributed by atoms with E-state index >= 15 is 0 Å². The van der Waals surface area contributed by atoms with Gasteiger partial charge in [-0.2, -0.15) is 5.26 Å². The van der Waals surface area contributed by atoms with Gasteiger partial charge >= 0.3 is 0 Å². The molecule has 19 heavy (non-hydrogen) atoms. The van der Waals surface area contributed by atoms with Crippen molar-refractivity contribution in [3.05, 3.63) is 28.8 Å². The molecule has 0 heterocycles. The minimum absolute atomic E-state index is 0.0175. The molecule has 0 aliphatic heterocycles. The Kier molecular flexibility index (Phi) is 3.10. The van der Waals surface area contributed by atoms with Gasteiger partial charge in [0.25, 0.3) is 0 Å². The standard InChI is InChI=1S/C15H17ClN2O/c1-14(2)12(15(14,3)4)13(19)18-11-7-9(8-17)5-6-10(11)16/h5-7,12H,1-4H3,(H,18,19). The Balaban J connectivity index is 2.20. The molecule has 3 nitrogen and oxygen atoms in total. The maximum absolute atomic E-state index is 12.3. The highest BCUT2D eigenvalue weighted by Gasteiger charge is 2.68. The molecule has 1 aromatic rings. The SMILES string of the molecule is CC1(C)C(C(=O)Nc2cc(C#N)ccc2Cl)C1(C)C. The predicted octanol–water partition coefficient (Wildman–Crippen LogP) is 3.83. The highest BCUT2D eigenvalue weighted by molar-refractivity contribution is 6.33. The molecule has 0 radical (unpaired) electrons. The van der Waals surface area contributed by atoms with Crippen LogP contribution in [0.4, 0.5) is 5.69 Å². The first-order valence-corrected chi connectivity index (χ1v) is 6.60. The van der Waals surface area contributed by atoms with E-state index in [0.717, 1.165) is 0 Å². The molecule has 1 aromatic carbocycles. The van der Waals surface area contributed by atoms with E-state index in [1.165, 1.54) is 0 Å². The molecule has 1 aliphatic carbocycles. The number of nitrogens with zero attached hydrogens (tertiary/aromatic N) is 1. The van der Waals surface area contributed by atoms with Gasteiger partial charge in [-0.3, -0.25) is 4.79 Å². The zero-order valence-corrected chi connectivity index (χ0v) is 12.3. The molecule has 2 rings (SSSR count). The van der Waals surface area contributed by atoms with Crippen LogP contribution in [0.25, 0.3) is 0 Å². The molecule has 1 amide bonds. The summed E-state index contributed by atoms with van der Waals surface area (Å²) in [6.07, 6.45) is 0. The fraction of sp³-hybridized carbons (Fsp3) is 0.467. The zero-order chi connectivity index (χ0) is 14.4.